The van der Waals surface area contributed by atoms with E-state index in [-0.39, 0.29) is 30.3 Å². The highest BCUT2D eigenvalue weighted by Gasteiger charge is 2.29. The molecule has 1 aromatic carbocycles. The molecule has 0 spiro atoms. The molecule has 0 saturated carbocycles. The van der Waals surface area contributed by atoms with E-state index in [0.717, 1.165) is 56.4 Å². The van der Waals surface area contributed by atoms with Crippen molar-refractivity contribution in [3.8, 4) is 0 Å². The van der Waals surface area contributed by atoms with Crippen molar-refractivity contribution < 1.29 is 23.8 Å². The fourth-order valence-corrected chi connectivity index (χ4v) is 5.86. The van der Waals surface area contributed by atoms with Gasteiger partial charge in [0, 0.05) is 30.9 Å². The van der Waals surface area contributed by atoms with E-state index in [9.17, 15) is 9.59 Å². The van der Waals surface area contributed by atoms with Gasteiger partial charge in [-0.25, -0.2) is 4.79 Å². The molecule has 0 bridgehead atoms. The molecule has 2 fully saturated rings. The van der Waals surface area contributed by atoms with Gasteiger partial charge in [0.05, 0.1) is 19.3 Å². The first-order valence-electron chi connectivity index (χ1n) is 13.0. The number of ether oxygens (including phenoxy) is 3. The number of thiophene rings is 1. The topological polar surface area (TPSA) is 65.1 Å². The predicted octanol–water partition coefficient (Wildman–Crippen LogP) is 5.48. The van der Waals surface area contributed by atoms with Gasteiger partial charge in [-0.1, -0.05) is 42.0 Å². The molecule has 3 atom stereocenters. The number of carbonyl (C=O) groups is 2. The number of aryl methyl sites for hydroxylation is 2. The Morgan fingerprint density at radius 3 is 2.92 bits per heavy atom. The Bertz CT molecular complexity index is 1040. The summed E-state index contributed by atoms with van der Waals surface area (Å²) in [6.07, 6.45) is 11.0. The maximum Gasteiger partial charge on any atom is 0.348 e. The van der Waals surface area contributed by atoms with Crippen LogP contribution in [0.4, 0.5) is 0 Å². The smallest absolute Gasteiger partial charge is 0.348 e. The van der Waals surface area contributed by atoms with Gasteiger partial charge in [0.15, 0.2) is 6.29 Å². The van der Waals surface area contributed by atoms with Gasteiger partial charge in [0.1, 0.15) is 4.88 Å². The van der Waals surface area contributed by atoms with Crippen molar-refractivity contribution in [1.82, 2.24) is 4.90 Å². The number of hydrogen-bond acceptors (Lipinski definition) is 6. The van der Waals surface area contributed by atoms with Gasteiger partial charge in [0.25, 0.3) is 0 Å². The standard InChI is InChI=1S/C29H37NO5S/c1-21-7-5-8-22(19-21)20-24(35-28-10-3-4-18-34-28)13-11-23-12-16-27(31)30(23)17-6-9-25-14-15-26(36-25)29(32)33-2/h5,7-8,11,13-15,19,23-24,28H,3-4,6,9-10,12,16-18,20H2,1-2H3/b13-11+/t23-,24+,28?/m0/s1. The van der Waals surface area contributed by atoms with Crippen LogP contribution in [0.5, 0.6) is 0 Å². The summed E-state index contributed by atoms with van der Waals surface area (Å²) in [6.45, 7) is 3.56. The molecule has 2 saturated heterocycles. The van der Waals surface area contributed by atoms with Crippen LogP contribution in [0.1, 0.15) is 64.2 Å². The van der Waals surface area contributed by atoms with Crippen LogP contribution in [0, 0.1) is 6.92 Å². The summed E-state index contributed by atoms with van der Waals surface area (Å²) in [4.78, 5) is 28.1. The van der Waals surface area contributed by atoms with E-state index < -0.39 is 0 Å². The highest BCUT2D eigenvalue weighted by Crippen LogP contribution is 2.24. The third kappa shape index (κ3) is 7.51. The molecule has 1 unspecified atom stereocenters. The minimum absolute atomic E-state index is 0.0855. The minimum atomic E-state index is -0.299. The van der Waals surface area contributed by atoms with Crippen molar-refractivity contribution in [1.29, 1.82) is 0 Å². The molecule has 7 heteroatoms. The van der Waals surface area contributed by atoms with Gasteiger partial charge < -0.3 is 19.1 Å². The number of methoxy groups -OCH3 is 1. The van der Waals surface area contributed by atoms with Crippen LogP contribution in [0.2, 0.25) is 0 Å². The van der Waals surface area contributed by atoms with Crippen LogP contribution >= 0.6 is 11.3 Å². The first kappa shape index (κ1) is 26.6. The van der Waals surface area contributed by atoms with Gasteiger partial charge in [0.2, 0.25) is 5.91 Å². The normalized spacial score (nSPS) is 21.3. The van der Waals surface area contributed by atoms with Gasteiger partial charge in [-0.3, -0.25) is 4.79 Å². The van der Waals surface area contributed by atoms with Crippen LogP contribution in [0.3, 0.4) is 0 Å². The Morgan fingerprint density at radius 2 is 2.14 bits per heavy atom. The average Bonchev–Trinajstić information content (AvgIpc) is 3.50. The van der Waals surface area contributed by atoms with Crippen molar-refractivity contribution in [2.45, 2.75) is 76.7 Å². The average molecular weight is 512 g/mol. The molecular weight excluding hydrogens is 474 g/mol. The molecule has 2 aliphatic heterocycles. The quantitative estimate of drug-likeness (QED) is 0.295. The van der Waals surface area contributed by atoms with Crippen molar-refractivity contribution in [2.24, 2.45) is 0 Å². The van der Waals surface area contributed by atoms with E-state index in [1.807, 2.05) is 17.0 Å². The zero-order chi connectivity index (χ0) is 25.3. The van der Waals surface area contributed by atoms with Crippen molar-refractivity contribution >= 4 is 23.2 Å². The predicted molar refractivity (Wildman–Crippen MR) is 141 cm³/mol. The summed E-state index contributed by atoms with van der Waals surface area (Å²) in [5.74, 6) is -0.0925. The molecule has 0 aliphatic carbocycles. The largest absolute Gasteiger partial charge is 0.465 e. The molecule has 4 rings (SSSR count). The summed E-state index contributed by atoms with van der Waals surface area (Å²) in [5, 5.41) is 0. The Hall–Kier alpha value is -2.48. The van der Waals surface area contributed by atoms with Gasteiger partial charge in [-0.2, -0.15) is 0 Å². The maximum absolute atomic E-state index is 12.6. The first-order chi connectivity index (χ1) is 17.5. The molecule has 36 heavy (non-hydrogen) atoms. The number of rotatable bonds is 11. The Labute approximate surface area is 218 Å². The Kier molecular flexibility index (Phi) is 9.73. The summed E-state index contributed by atoms with van der Waals surface area (Å²) in [6, 6.07) is 12.4. The molecule has 2 aromatic rings. The highest BCUT2D eigenvalue weighted by atomic mass is 32.1. The second kappa shape index (κ2) is 13.2. The van der Waals surface area contributed by atoms with Crippen LogP contribution in [0.25, 0.3) is 0 Å². The second-order valence-corrected chi connectivity index (χ2v) is 10.8. The number of hydrogen-bond donors (Lipinski definition) is 0. The van der Waals surface area contributed by atoms with Crippen LogP contribution in [-0.2, 0) is 31.8 Å². The van der Waals surface area contributed by atoms with Crippen molar-refractivity contribution in [2.75, 3.05) is 20.3 Å². The van der Waals surface area contributed by atoms with E-state index in [4.69, 9.17) is 14.2 Å². The molecule has 1 amide bonds. The van der Waals surface area contributed by atoms with E-state index in [2.05, 4.69) is 43.3 Å². The summed E-state index contributed by atoms with van der Waals surface area (Å²) in [7, 11) is 1.40. The molecule has 3 heterocycles. The van der Waals surface area contributed by atoms with Gasteiger partial charge >= 0.3 is 5.97 Å². The molecule has 0 radical (unpaired) electrons. The van der Waals surface area contributed by atoms with Gasteiger partial charge in [-0.05, 0) is 63.1 Å². The fourth-order valence-electron chi connectivity index (χ4n) is 4.89. The second-order valence-electron chi connectivity index (χ2n) is 9.60. The van der Waals surface area contributed by atoms with E-state index in [1.54, 1.807) is 0 Å². The molecule has 2 aliphatic rings. The van der Waals surface area contributed by atoms with E-state index in [1.165, 1.54) is 29.6 Å². The summed E-state index contributed by atoms with van der Waals surface area (Å²) < 4.78 is 17.0. The molecule has 1 aromatic heterocycles. The molecule has 194 valence electrons. The lowest BCUT2D eigenvalue weighted by atomic mass is 10.0. The first-order valence-corrected chi connectivity index (χ1v) is 13.8. The lowest BCUT2D eigenvalue weighted by Gasteiger charge is -2.27. The summed E-state index contributed by atoms with van der Waals surface area (Å²) >= 11 is 1.46. The number of nitrogens with zero attached hydrogens (tertiary/aromatic N) is 1. The third-order valence-corrected chi connectivity index (χ3v) is 7.90. The van der Waals surface area contributed by atoms with Crippen molar-refractivity contribution in [3.05, 3.63) is 69.4 Å². The van der Waals surface area contributed by atoms with Crippen LogP contribution in [0.15, 0.2) is 48.6 Å². The van der Waals surface area contributed by atoms with Crippen molar-refractivity contribution in [3.63, 3.8) is 0 Å². The van der Waals surface area contributed by atoms with Crippen LogP contribution < -0.4 is 0 Å². The van der Waals surface area contributed by atoms with Gasteiger partial charge in [-0.15, -0.1) is 11.3 Å². The Morgan fingerprint density at radius 1 is 1.25 bits per heavy atom. The zero-order valence-electron chi connectivity index (χ0n) is 21.3. The zero-order valence-corrected chi connectivity index (χ0v) is 22.1. The van der Waals surface area contributed by atoms with Crippen LogP contribution in [-0.4, -0.2) is 55.5 Å². The fraction of sp³-hybridized carbons (Fsp3) is 0.517. The Balaban J connectivity index is 1.36. The van der Waals surface area contributed by atoms with E-state index >= 15 is 0 Å². The lowest BCUT2D eigenvalue weighted by Crippen LogP contribution is -2.33. The third-order valence-electron chi connectivity index (χ3n) is 6.78. The number of amides is 1. The SMILES string of the molecule is COC(=O)c1ccc(CCCN2C(=O)CC[C@@H]2/C=C/[C@H](Cc2cccc(C)c2)OC2CCCCO2)s1. The lowest BCUT2D eigenvalue weighted by molar-refractivity contribution is -0.178. The number of likely N-dealkylation sites (tertiary alicyclic amines) is 1. The molecule has 6 nitrogen and oxygen atoms in total. The maximum atomic E-state index is 12.6. The minimum Gasteiger partial charge on any atom is -0.465 e. The number of benzene rings is 1. The number of carbonyl (C=O) groups excluding carboxylic acids is 2. The van der Waals surface area contributed by atoms with E-state index in [0.29, 0.717) is 17.8 Å². The molecular formula is C29H37NO5S. The molecule has 0 N–H and O–H groups in total. The monoisotopic (exact) mass is 511 g/mol. The highest BCUT2D eigenvalue weighted by molar-refractivity contribution is 7.13. The summed E-state index contributed by atoms with van der Waals surface area (Å²) in [5.41, 5.74) is 2.48. The number of esters is 1.